The van der Waals surface area contributed by atoms with Crippen molar-refractivity contribution in [2.45, 2.75) is 63.5 Å². The largest absolute Gasteiger partial charge is 0.497 e. The Bertz CT molecular complexity index is 828. The van der Waals surface area contributed by atoms with Crippen LogP contribution in [0.4, 0.5) is 0 Å². The zero-order valence-electron chi connectivity index (χ0n) is 16.6. The number of carbonyl (C=O) groups excluding carboxylic acids is 1. The van der Waals surface area contributed by atoms with Gasteiger partial charge in [0.05, 0.1) is 20.3 Å². The maximum absolute atomic E-state index is 11.9. The van der Waals surface area contributed by atoms with Crippen molar-refractivity contribution in [1.82, 2.24) is 9.88 Å². The number of rotatable bonds is 5. The minimum Gasteiger partial charge on any atom is -0.497 e. The number of benzene rings is 1. The van der Waals surface area contributed by atoms with Gasteiger partial charge in [-0.3, -0.25) is 9.69 Å². The van der Waals surface area contributed by atoms with Crippen molar-refractivity contribution in [1.29, 1.82) is 0 Å². The lowest BCUT2D eigenvalue weighted by Gasteiger charge is -2.48. The monoisotopic (exact) mass is 370 g/mol. The van der Waals surface area contributed by atoms with E-state index in [2.05, 4.69) is 28.9 Å². The molecule has 0 spiro atoms. The molecule has 0 aliphatic carbocycles. The molecule has 146 valence electrons. The van der Waals surface area contributed by atoms with Gasteiger partial charge < -0.3 is 14.5 Å². The molecule has 1 aromatic carbocycles. The third-order valence-electron chi connectivity index (χ3n) is 6.52. The van der Waals surface area contributed by atoms with Crippen molar-refractivity contribution in [3.8, 4) is 5.75 Å². The number of methoxy groups -OCH3 is 2. The van der Waals surface area contributed by atoms with E-state index in [0.717, 1.165) is 30.7 Å². The van der Waals surface area contributed by atoms with E-state index in [-0.39, 0.29) is 5.97 Å². The van der Waals surface area contributed by atoms with E-state index >= 15 is 0 Å². The minimum absolute atomic E-state index is 0.117. The molecule has 5 heteroatoms. The van der Waals surface area contributed by atoms with Gasteiger partial charge in [-0.15, -0.1) is 0 Å². The number of H-pyrrole nitrogens is 1. The topological polar surface area (TPSA) is 54.6 Å². The van der Waals surface area contributed by atoms with Crippen LogP contribution in [0.2, 0.25) is 0 Å². The molecular formula is C22H30N2O3. The molecule has 3 heterocycles. The summed E-state index contributed by atoms with van der Waals surface area (Å²) in [6.07, 6.45) is 6.16. The average Bonchev–Trinajstić information content (AvgIpc) is 3.10. The van der Waals surface area contributed by atoms with Crippen LogP contribution in [0.5, 0.6) is 5.75 Å². The zero-order valence-corrected chi connectivity index (χ0v) is 16.6. The Labute approximate surface area is 161 Å². The number of hydrogen-bond acceptors (Lipinski definition) is 4. The highest BCUT2D eigenvalue weighted by Gasteiger charge is 2.42. The summed E-state index contributed by atoms with van der Waals surface area (Å²) in [5.74, 6) is 1.11. The fraction of sp³-hybridized carbons (Fsp3) is 0.591. The van der Waals surface area contributed by atoms with Crippen LogP contribution in [-0.4, -0.2) is 42.7 Å². The zero-order chi connectivity index (χ0) is 19.0. The number of carbonyl (C=O) groups is 1. The van der Waals surface area contributed by atoms with Crippen LogP contribution in [0.1, 0.15) is 68.7 Å². The maximum atomic E-state index is 11.9. The van der Waals surface area contributed by atoms with Crippen LogP contribution in [0.15, 0.2) is 18.2 Å². The van der Waals surface area contributed by atoms with Crippen molar-refractivity contribution in [3.63, 3.8) is 0 Å². The van der Waals surface area contributed by atoms with Gasteiger partial charge in [0.1, 0.15) is 5.75 Å². The van der Waals surface area contributed by atoms with Gasteiger partial charge in [0.15, 0.2) is 0 Å². The summed E-state index contributed by atoms with van der Waals surface area (Å²) < 4.78 is 10.4. The predicted octanol–water partition coefficient (Wildman–Crippen LogP) is 4.53. The molecule has 1 aromatic heterocycles. The Kier molecular flexibility index (Phi) is 5.13. The number of hydrogen-bond donors (Lipinski definition) is 1. The second-order valence-electron chi connectivity index (χ2n) is 7.81. The molecule has 3 unspecified atom stereocenters. The molecule has 4 rings (SSSR count). The summed E-state index contributed by atoms with van der Waals surface area (Å²) in [6, 6.07) is 7.26. The summed E-state index contributed by atoms with van der Waals surface area (Å²) in [5.41, 5.74) is 3.92. The summed E-state index contributed by atoms with van der Waals surface area (Å²) in [7, 11) is 3.18. The SMILES string of the molecule is CCC1C(CCC(=O)OC)c2c([nH]c3cc(OC)ccc23)C2CCCCN21. The molecule has 0 amide bonds. The van der Waals surface area contributed by atoms with Crippen molar-refractivity contribution >= 4 is 16.9 Å². The number of nitrogens with one attached hydrogen (secondary N) is 1. The number of aromatic amines is 1. The first-order chi connectivity index (χ1) is 13.2. The first-order valence-electron chi connectivity index (χ1n) is 10.2. The van der Waals surface area contributed by atoms with Crippen LogP contribution in [0.25, 0.3) is 10.9 Å². The van der Waals surface area contributed by atoms with E-state index in [1.165, 1.54) is 43.0 Å². The molecule has 1 fully saturated rings. The third-order valence-corrected chi connectivity index (χ3v) is 6.52. The minimum atomic E-state index is -0.117. The van der Waals surface area contributed by atoms with Gasteiger partial charge in [-0.2, -0.15) is 0 Å². The van der Waals surface area contributed by atoms with Gasteiger partial charge in [0, 0.05) is 41.0 Å². The quantitative estimate of drug-likeness (QED) is 0.786. The fourth-order valence-electron chi connectivity index (χ4n) is 5.32. The Morgan fingerprint density at radius 1 is 1.30 bits per heavy atom. The second-order valence-corrected chi connectivity index (χ2v) is 7.81. The molecular weight excluding hydrogens is 340 g/mol. The number of fused-ring (bicyclic) bond motifs is 5. The summed E-state index contributed by atoms with van der Waals surface area (Å²) in [6.45, 7) is 3.43. The molecule has 5 nitrogen and oxygen atoms in total. The molecule has 3 atom stereocenters. The van der Waals surface area contributed by atoms with Gasteiger partial charge >= 0.3 is 5.97 Å². The summed E-state index contributed by atoms with van der Waals surface area (Å²) in [5, 5.41) is 1.28. The molecule has 1 N–H and O–H groups in total. The molecule has 2 aliphatic heterocycles. The average molecular weight is 370 g/mol. The number of ether oxygens (including phenoxy) is 2. The lowest BCUT2D eigenvalue weighted by molar-refractivity contribution is -0.140. The molecule has 1 saturated heterocycles. The van der Waals surface area contributed by atoms with E-state index in [4.69, 9.17) is 9.47 Å². The normalized spacial score (nSPS) is 25.1. The number of esters is 1. The van der Waals surface area contributed by atoms with E-state index in [0.29, 0.717) is 24.4 Å². The first-order valence-corrected chi connectivity index (χ1v) is 10.2. The number of aromatic nitrogens is 1. The lowest BCUT2D eigenvalue weighted by Crippen LogP contribution is -2.48. The van der Waals surface area contributed by atoms with Crippen LogP contribution >= 0.6 is 0 Å². The Hall–Kier alpha value is -2.01. The highest BCUT2D eigenvalue weighted by Crippen LogP contribution is 2.49. The van der Waals surface area contributed by atoms with Crippen LogP contribution in [0.3, 0.4) is 0 Å². The molecule has 0 saturated carbocycles. The Balaban J connectivity index is 1.83. The van der Waals surface area contributed by atoms with E-state index in [1.807, 2.05) is 6.07 Å². The number of piperidine rings is 1. The third kappa shape index (κ3) is 3.12. The number of nitrogens with zero attached hydrogens (tertiary/aromatic N) is 1. The van der Waals surface area contributed by atoms with Crippen LogP contribution < -0.4 is 4.74 Å². The van der Waals surface area contributed by atoms with Crippen molar-refractivity contribution < 1.29 is 14.3 Å². The van der Waals surface area contributed by atoms with Crippen LogP contribution in [-0.2, 0) is 9.53 Å². The smallest absolute Gasteiger partial charge is 0.305 e. The highest BCUT2D eigenvalue weighted by molar-refractivity contribution is 5.87. The Morgan fingerprint density at radius 2 is 2.15 bits per heavy atom. The highest BCUT2D eigenvalue weighted by atomic mass is 16.5. The van der Waals surface area contributed by atoms with Gasteiger partial charge in [0.25, 0.3) is 0 Å². The van der Waals surface area contributed by atoms with E-state index in [9.17, 15) is 4.79 Å². The van der Waals surface area contributed by atoms with Crippen molar-refractivity contribution in [3.05, 3.63) is 29.5 Å². The van der Waals surface area contributed by atoms with E-state index < -0.39 is 0 Å². The lowest BCUT2D eigenvalue weighted by atomic mass is 9.76. The van der Waals surface area contributed by atoms with E-state index in [1.54, 1.807) is 7.11 Å². The molecule has 2 aliphatic rings. The maximum Gasteiger partial charge on any atom is 0.305 e. The van der Waals surface area contributed by atoms with Gasteiger partial charge in [-0.1, -0.05) is 13.3 Å². The van der Waals surface area contributed by atoms with Crippen molar-refractivity contribution in [2.24, 2.45) is 0 Å². The van der Waals surface area contributed by atoms with Crippen LogP contribution in [0, 0.1) is 0 Å². The standard InChI is InChI=1S/C22H30N2O3/c1-4-18-16(10-11-20(25)27-3)21-15-9-8-14(26-2)13-17(15)23-22(21)19-7-5-6-12-24(18)19/h8-9,13,16,18-19,23H,4-7,10-12H2,1-3H3. The van der Waals surface area contributed by atoms with Gasteiger partial charge in [-0.05, 0) is 49.9 Å². The summed E-state index contributed by atoms with van der Waals surface area (Å²) in [4.78, 5) is 18.3. The van der Waals surface area contributed by atoms with Gasteiger partial charge in [-0.25, -0.2) is 0 Å². The molecule has 0 bridgehead atoms. The molecule has 27 heavy (non-hydrogen) atoms. The fourth-order valence-corrected chi connectivity index (χ4v) is 5.32. The second kappa shape index (κ2) is 7.55. The Morgan fingerprint density at radius 3 is 2.89 bits per heavy atom. The molecule has 0 radical (unpaired) electrons. The van der Waals surface area contributed by atoms with Crippen molar-refractivity contribution in [2.75, 3.05) is 20.8 Å². The van der Waals surface area contributed by atoms with Gasteiger partial charge in [0.2, 0.25) is 0 Å². The first kappa shape index (κ1) is 18.4. The molecule has 2 aromatic rings. The predicted molar refractivity (Wildman–Crippen MR) is 106 cm³/mol. The summed E-state index contributed by atoms with van der Waals surface area (Å²) >= 11 is 0.